The number of amides is 1. The minimum absolute atomic E-state index is 0.265. The van der Waals surface area contributed by atoms with E-state index in [9.17, 15) is 4.79 Å². The van der Waals surface area contributed by atoms with E-state index in [4.69, 9.17) is 5.73 Å². The first-order valence-electron chi connectivity index (χ1n) is 8.25. The van der Waals surface area contributed by atoms with Crippen LogP contribution in [0.2, 0.25) is 0 Å². The highest BCUT2D eigenvalue weighted by Gasteiger charge is 2.24. The lowest BCUT2D eigenvalue weighted by molar-refractivity contribution is -0.107. The number of carbonyl (C=O) groups excluding carboxylic acids is 1. The highest BCUT2D eigenvalue weighted by atomic mass is 16.1. The summed E-state index contributed by atoms with van der Waals surface area (Å²) in [5.41, 5.74) is 9.03. The number of nitrogens with two attached hydrogens (primary N) is 1. The Morgan fingerprint density at radius 3 is 2.58 bits per heavy atom. The molecule has 1 aromatic heterocycles. The molecule has 126 valence electrons. The van der Waals surface area contributed by atoms with Gasteiger partial charge < -0.3 is 21.3 Å². The van der Waals surface area contributed by atoms with E-state index in [2.05, 4.69) is 15.6 Å². The summed E-state index contributed by atoms with van der Waals surface area (Å²) in [6.07, 6.45) is 7.12. The van der Waals surface area contributed by atoms with Gasteiger partial charge in [0.1, 0.15) is 5.82 Å². The smallest absolute Gasteiger partial charge is 0.214 e. The first-order valence-corrected chi connectivity index (χ1v) is 8.25. The zero-order valence-corrected chi connectivity index (χ0v) is 13.8. The molecule has 4 N–H and O–H groups in total. The van der Waals surface area contributed by atoms with Gasteiger partial charge in [0.2, 0.25) is 6.41 Å². The molecular weight excluding hydrogens is 302 g/mol. The third-order valence-corrected chi connectivity index (χ3v) is 4.44. The standard InChI is InChI=1S/C18H23N5O/c1-20-16-11-21-18(22-14-8-6-13(19)7-9-14)10-17(16)23(12-24)15-4-2-3-5-15/h6-12,15,20H,2-5,19H2,1H3,(H,21,22). The van der Waals surface area contributed by atoms with E-state index in [-0.39, 0.29) is 6.04 Å². The van der Waals surface area contributed by atoms with Crippen LogP contribution in [0.25, 0.3) is 0 Å². The SMILES string of the molecule is CNc1cnc(Nc2ccc(N)cc2)cc1N(C=O)C1CCCC1. The second-order valence-electron chi connectivity index (χ2n) is 6.03. The van der Waals surface area contributed by atoms with E-state index in [1.807, 2.05) is 42.3 Å². The van der Waals surface area contributed by atoms with Crippen molar-refractivity contribution in [3.05, 3.63) is 36.5 Å². The van der Waals surface area contributed by atoms with Gasteiger partial charge in [-0.25, -0.2) is 4.98 Å². The van der Waals surface area contributed by atoms with Gasteiger partial charge in [-0.05, 0) is 37.1 Å². The van der Waals surface area contributed by atoms with Crippen LogP contribution in [-0.2, 0) is 4.79 Å². The Morgan fingerprint density at radius 2 is 1.96 bits per heavy atom. The molecule has 0 radical (unpaired) electrons. The van der Waals surface area contributed by atoms with Gasteiger partial charge in [0.25, 0.3) is 0 Å². The number of benzene rings is 1. The Balaban J connectivity index is 1.89. The lowest BCUT2D eigenvalue weighted by Gasteiger charge is -2.27. The van der Waals surface area contributed by atoms with Crippen LogP contribution in [0.3, 0.4) is 0 Å². The van der Waals surface area contributed by atoms with E-state index < -0.39 is 0 Å². The molecule has 2 aromatic rings. The van der Waals surface area contributed by atoms with Crippen LogP contribution < -0.4 is 21.3 Å². The molecule has 0 atom stereocenters. The van der Waals surface area contributed by atoms with Crippen molar-refractivity contribution >= 4 is 35.0 Å². The number of nitrogens with one attached hydrogen (secondary N) is 2. The summed E-state index contributed by atoms with van der Waals surface area (Å²) in [6.45, 7) is 0. The summed E-state index contributed by atoms with van der Waals surface area (Å²) >= 11 is 0. The number of nitrogen functional groups attached to an aromatic ring is 1. The fourth-order valence-electron chi connectivity index (χ4n) is 3.16. The average Bonchev–Trinajstić information content (AvgIpc) is 3.12. The fourth-order valence-corrected chi connectivity index (χ4v) is 3.16. The molecule has 1 aliphatic rings. The van der Waals surface area contributed by atoms with Gasteiger partial charge in [0.15, 0.2) is 0 Å². The molecule has 1 aromatic carbocycles. The Morgan fingerprint density at radius 1 is 1.25 bits per heavy atom. The molecule has 0 unspecified atom stereocenters. The van der Waals surface area contributed by atoms with Crippen LogP contribution in [0.4, 0.5) is 28.6 Å². The average molecular weight is 325 g/mol. The van der Waals surface area contributed by atoms with Crippen LogP contribution in [0.5, 0.6) is 0 Å². The largest absolute Gasteiger partial charge is 0.399 e. The predicted molar refractivity (Wildman–Crippen MR) is 98.7 cm³/mol. The Kier molecular flexibility index (Phi) is 4.84. The van der Waals surface area contributed by atoms with Gasteiger partial charge in [-0.3, -0.25) is 4.79 Å². The van der Waals surface area contributed by atoms with E-state index in [1.54, 1.807) is 6.20 Å². The minimum atomic E-state index is 0.265. The summed E-state index contributed by atoms with van der Waals surface area (Å²) in [5.74, 6) is 0.693. The van der Waals surface area contributed by atoms with Crippen molar-refractivity contribution in [3.8, 4) is 0 Å². The van der Waals surface area contributed by atoms with Crippen molar-refractivity contribution in [3.63, 3.8) is 0 Å². The Bertz CT molecular complexity index is 695. The molecule has 0 bridgehead atoms. The van der Waals surface area contributed by atoms with Crippen LogP contribution in [0.15, 0.2) is 36.5 Å². The second-order valence-corrected chi connectivity index (χ2v) is 6.03. The maximum atomic E-state index is 11.7. The molecule has 0 saturated heterocycles. The molecule has 6 nitrogen and oxygen atoms in total. The van der Waals surface area contributed by atoms with E-state index in [1.165, 1.54) is 12.8 Å². The minimum Gasteiger partial charge on any atom is -0.399 e. The van der Waals surface area contributed by atoms with Crippen molar-refractivity contribution < 1.29 is 4.79 Å². The van der Waals surface area contributed by atoms with Crippen molar-refractivity contribution in [2.45, 2.75) is 31.7 Å². The normalized spacial score (nSPS) is 14.4. The fraction of sp³-hybridized carbons (Fsp3) is 0.333. The summed E-state index contributed by atoms with van der Waals surface area (Å²) in [5, 5.41) is 6.38. The predicted octanol–water partition coefficient (Wildman–Crippen LogP) is 3.35. The third kappa shape index (κ3) is 3.42. The Labute approximate surface area is 142 Å². The number of anilines is 5. The quantitative estimate of drug-likeness (QED) is 0.560. The molecule has 0 spiro atoms. The Hall–Kier alpha value is -2.76. The van der Waals surface area contributed by atoms with Crippen LogP contribution in [0, 0.1) is 0 Å². The third-order valence-electron chi connectivity index (χ3n) is 4.44. The van der Waals surface area contributed by atoms with Gasteiger partial charge in [0.05, 0.1) is 17.6 Å². The highest BCUT2D eigenvalue weighted by Crippen LogP contribution is 2.33. The second kappa shape index (κ2) is 7.21. The van der Waals surface area contributed by atoms with Crippen molar-refractivity contribution in [1.29, 1.82) is 0 Å². The number of nitrogens with zero attached hydrogens (tertiary/aromatic N) is 2. The summed E-state index contributed by atoms with van der Waals surface area (Å²) in [6, 6.07) is 9.65. The number of hydrogen-bond acceptors (Lipinski definition) is 5. The maximum Gasteiger partial charge on any atom is 0.214 e. The first kappa shape index (κ1) is 16.1. The molecule has 1 amide bonds. The molecule has 1 saturated carbocycles. The molecule has 1 heterocycles. The van der Waals surface area contributed by atoms with Crippen LogP contribution >= 0.6 is 0 Å². The lowest BCUT2D eigenvalue weighted by Crippen LogP contribution is -2.32. The van der Waals surface area contributed by atoms with Gasteiger partial charge >= 0.3 is 0 Å². The lowest BCUT2D eigenvalue weighted by atomic mass is 10.2. The number of hydrogen-bond donors (Lipinski definition) is 3. The topological polar surface area (TPSA) is 83.3 Å². The molecule has 0 aliphatic heterocycles. The van der Waals surface area contributed by atoms with E-state index in [0.29, 0.717) is 11.5 Å². The summed E-state index contributed by atoms with van der Waals surface area (Å²) < 4.78 is 0. The van der Waals surface area contributed by atoms with Gasteiger partial charge in [0, 0.05) is 30.5 Å². The van der Waals surface area contributed by atoms with Gasteiger partial charge in [-0.15, -0.1) is 0 Å². The molecule has 1 aliphatic carbocycles. The van der Waals surface area contributed by atoms with E-state index in [0.717, 1.165) is 36.3 Å². The summed E-state index contributed by atoms with van der Waals surface area (Å²) in [7, 11) is 1.84. The molecule has 1 fully saturated rings. The number of rotatable bonds is 6. The van der Waals surface area contributed by atoms with Crippen LogP contribution in [-0.4, -0.2) is 24.5 Å². The highest BCUT2D eigenvalue weighted by molar-refractivity contribution is 5.85. The first-order chi connectivity index (χ1) is 11.7. The maximum absolute atomic E-state index is 11.7. The van der Waals surface area contributed by atoms with Crippen LogP contribution in [0.1, 0.15) is 25.7 Å². The van der Waals surface area contributed by atoms with E-state index >= 15 is 0 Å². The monoisotopic (exact) mass is 325 g/mol. The molecule has 3 rings (SSSR count). The zero-order valence-electron chi connectivity index (χ0n) is 13.8. The van der Waals surface area contributed by atoms with Crippen molar-refractivity contribution in [2.24, 2.45) is 0 Å². The number of carbonyl (C=O) groups is 1. The number of aromatic nitrogens is 1. The van der Waals surface area contributed by atoms with Gasteiger partial charge in [-0.1, -0.05) is 12.8 Å². The summed E-state index contributed by atoms with van der Waals surface area (Å²) in [4.78, 5) is 18.0. The molecule has 6 heteroatoms. The molecular formula is C18H23N5O. The van der Waals surface area contributed by atoms with Gasteiger partial charge in [-0.2, -0.15) is 0 Å². The van der Waals surface area contributed by atoms with Crippen molar-refractivity contribution in [2.75, 3.05) is 28.3 Å². The zero-order chi connectivity index (χ0) is 16.9. The van der Waals surface area contributed by atoms with Crippen molar-refractivity contribution in [1.82, 2.24) is 4.98 Å². The molecule has 24 heavy (non-hydrogen) atoms. The number of pyridine rings is 1.